The molecule has 0 spiro atoms. The minimum Gasteiger partial charge on any atom is -0.448 e. The first kappa shape index (κ1) is 18.7. The van der Waals surface area contributed by atoms with Gasteiger partial charge in [-0.25, -0.2) is 9.97 Å². The smallest absolute Gasteiger partial charge is 0.289 e. The van der Waals surface area contributed by atoms with Gasteiger partial charge in [0.1, 0.15) is 0 Å². The van der Waals surface area contributed by atoms with Gasteiger partial charge in [0.2, 0.25) is 0 Å². The molecule has 5 nitrogen and oxygen atoms in total. The van der Waals surface area contributed by atoms with Crippen LogP contribution in [0, 0.1) is 0 Å². The number of carbonyl (C=O) groups is 1. The zero-order valence-electron chi connectivity index (χ0n) is 16.7. The number of aromatic nitrogens is 2. The Hall–Kier alpha value is -3.03. The van der Waals surface area contributed by atoms with Gasteiger partial charge in [-0.2, -0.15) is 0 Å². The molecule has 0 aliphatic carbocycles. The molecular weight excluding hydrogens is 426 g/mol. The quantitative estimate of drug-likeness (QED) is 0.332. The zero-order valence-corrected chi connectivity index (χ0v) is 18.3. The van der Waals surface area contributed by atoms with Crippen LogP contribution in [0.4, 0.5) is 0 Å². The number of amides is 1. The van der Waals surface area contributed by atoms with Crippen LogP contribution in [0.3, 0.4) is 0 Å². The molecule has 1 fully saturated rings. The average Bonchev–Trinajstić information content (AvgIpc) is 3.56. The topological polar surface area (TPSA) is 59.2 Å². The van der Waals surface area contributed by atoms with Gasteiger partial charge < -0.3 is 9.32 Å². The van der Waals surface area contributed by atoms with Crippen LogP contribution < -0.4 is 0 Å². The lowest BCUT2D eigenvalue weighted by Crippen LogP contribution is -2.37. The highest BCUT2D eigenvalue weighted by atomic mass is 32.1. The molecule has 1 amide bonds. The fraction of sp³-hybridized carbons (Fsp3) is 0.208. The third-order valence-electron chi connectivity index (χ3n) is 5.76. The Morgan fingerprint density at radius 2 is 1.55 bits per heavy atom. The van der Waals surface area contributed by atoms with Crippen LogP contribution >= 0.6 is 22.7 Å². The van der Waals surface area contributed by atoms with E-state index >= 15 is 0 Å². The summed E-state index contributed by atoms with van der Waals surface area (Å²) in [5.74, 6) is 1.40. The van der Waals surface area contributed by atoms with Crippen LogP contribution in [0.5, 0.6) is 0 Å². The molecule has 154 valence electrons. The van der Waals surface area contributed by atoms with E-state index in [-0.39, 0.29) is 5.91 Å². The average molecular weight is 446 g/mol. The second kappa shape index (κ2) is 7.59. The number of rotatable bonds is 3. The maximum atomic E-state index is 13.0. The molecule has 0 N–H and O–H groups in total. The normalized spacial score (nSPS) is 15.2. The number of para-hydroxylation sites is 2. The largest absolute Gasteiger partial charge is 0.448 e. The number of likely N-dealkylation sites (tertiary alicyclic amines) is 1. The number of hydrogen-bond donors (Lipinski definition) is 0. The number of fused-ring (bicyclic) bond motifs is 2. The first-order valence-corrected chi connectivity index (χ1v) is 12.0. The maximum Gasteiger partial charge on any atom is 0.289 e. The summed E-state index contributed by atoms with van der Waals surface area (Å²) in [5.41, 5.74) is 2.02. The molecule has 0 bridgehead atoms. The number of benzene rings is 2. The molecule has 1 aliphatic heterocycles. The Labute approximate surface area is 187 Å². The van der Waals surface area contributed by atoms with Gasteiger partial charge in [0.25, 0.3) is 5.91 Å². The van der Waals surface area contributed by atoms with Crippen LogP contribution in [-0.4, -0.2) is 33.9 Å². The van der Waals surface area contributed by atoms with Gasteiger partial charge in [0, 0.05) is 19.0 Å². The highest BCUT2D eigenvalue weighted by Gasteiger charge is 2.28. The van der Waals surface area contributed by atoms with Crippen molar-refractivity contribution in [2.45, 2.75) is 18.8 Å². The molecule has 31 heavy (non-hydrogen) atoms. The van der Waals surface area contributed by atoms with Crippen molar-refractivity contribution in [1.29, 1.82) is 0 Å². The number of nitrogens with zero attached hydrogens (tertiary/aromatic N) is 3. The molecule has 2 aromatic carbocycles. The fourth-order valence-electron chi connectivity index (χ4n) is 4.10. The van der Waals surface area contributed by atoms with Crippen LogP contribution in [0.2, 0.25) is 0 Å². The van der Waals surface area contributed by atoms with Crippen LogP contribution in [0.1, 0.15) is 34.3 Å². The monoisotopic (exact) mass is 445 g/mol. The van der Waals surface area contributed by atoms with Crippen molar-refractivity contribution in [3.05, 3.63) is 71.4 Å². The van der Waals surface area contributed by atoms with Gasteiger partial charge in [0.15, 0.2) is 16.5 Å². The molecule has 1 aliphatic rings. The van der Waals surface area contributed by atoms with E-state index < -0.39 is 0 Å². The van der Waals surface area contributed by atoms with Gasteiger partial charge in [0.05, 0.1) is 25.4 Å². The Kier molecular flexibility index (Phi) is 4.58. The Balaban J connectivity index is 1.15. The molecular formula is C24H19N3O2S2. The molecule has 7 heteroatoms. The van der Waals surface area contributed by atoms with Crippen molar-refractivity contribution in [2.24, 2.45) is 0 Å². The van der Waals surface area contributed by atoms with E-state index in [1.807, 2.05) is 41.3 Å². The molecule has 0 saturated carbocycles. The van der Waals surface area contributed by atoms with E-state index in [0.29, 0.717) is 17.4 Å². The summed E-state index contributed by atoms with van der Waals surface area (Å²) < 4.78 is 8.25. The number of hydrogen-bond acceptors (Lipinski definition) is 6. The van der Waals surface area contributed by atoms with Gasteiger partial charge in [-0.1, -0.05) is 24.3 Å². The second-order valence-corrected chi connectivity index (χ2v) is 9.83. The predicted octanol–water partition coefficient (Wildman–Crippen LogP) is 6.19. The summed E-state index contributed by atoms with van der Waals surface area (Å²) in [4.78, 5) is 24.3. The lowest BCUT2D eigenvalue weighted by molar-refractivity contribution is 0.0681. The zero-order chi connectivity index (χ0) is 20.8. The molecule has 4 heterocycles. The standard InChI is InChI=1S/C24H19N3O2S2/c28-24(19-10-9-18(29-19)23-26-17-6-2-4-8-21(17)31-23)27-13-11-15(12-14-27)22-25-16-5-1-3-7-20(16)30-22/h1-10,15H,11-14H2. The highest BCUT2D eigenvalue weighted by Crippen LogP contribution is 2.35. The Bertz CT molecular complexity index is 1330. The van der Waals surface area contributed by atoms with E-state index in [4.69, 9.17) is 9.40 Å². The van der Waals surface area contributed by atoms with Crippen molar-refractivity contribution in [2.75, 3.05) is 13.1 Å². The van der Waals surface area contributed by atoms with Crippen LogP contribution in [-0.2, 0) is 0 Å². The fourth-order valence-corrected chi connectivity index (χ4v) is 6.16. The second-order valence-electron chi connectivity index (χ2n) is 7.74. The summed E-state index contributed by atoms with van der Waals surface area (Å²) in [6.45, 7) is 1.44. The van der Waals surface area contributed by atoms with Gasteiger partial charge in [-0.3, -0.25) is 4.79 Å². The third-order valence-corrected chi connectivity index (χ3v) is 8.01. The predicted molar refractivity (Wildman–Crippen MR) is 125 cm³/mol. The molecule has 0 radical (unpaired) electrons. The lowest BCUT2D eigenvalue weighted by Gasteiger charge is -2.30. The SMILES string of the molecule is O=C(c1ccc(-c2nc3ccccc3s2)o1)N1CCC(c2nc3ccccc3s2)CC1. The van der Waals surface area contributed by atoms with E-state index in [1.165, 1.54) is 9.71 Å². The summed E-state index contributed by atoms with van der Waals surface area (Å²) in [5, 5.41) is 1.99. The number of thiazole rings is 2. The van der Waals surface area contributed by atoms with Gasteiger partial charge in [-0.05, 0) is 49.2 Å². The van der Waals surface area contributed by atoms with Crippen molar-refractivity contribution < 1.29 is 9.21 Å². The summed E-state index contributed by atoms with van der Waals surface area (Å²) >= 11 is 3.35. The Morgan fingerprint density at radius 3 is 2.26 bits per heavy atom. The Morgan fingerprint density at radius 1 is 0.871 bits per heavy atom. The summed E-state index contributed by atoms with van der Waals surface area (Å²) in [6, 6.07) is 19.9. The summed E-state index contributed by atoms with van der Waals surface area (Å²) in [6.07, 6.45) is 1.86. The maximum absolute atomic E-state index is 13.0. The lowest BCUT2D eigenvalue weighted by atomic mass is 9.97. The van der Waals surface area contributed by atoms with Crippen molar-refractivity contribution in [3.8, 4) is 10.8 Å². The summed E-state index contributed by atoms with van der Waals surface area (Å²) in [7, 11) is 0. The molecule has 6 rings (SSSR count). The van der Waals surface area contributed by atoms with Crippen LogP contribution in [0.15, 0.2) is 65.1 Å². The van der Waals surface area contributed by atoms with E-state index in [2.05, 4.69) is 23.2 Å². The van der Waals surface area contributed by atoms with E-state index in [0.717, 1.165) is 46.7 Å². The minimum atomic E-state index is -0.0462. The molecule has 1 saturated heterocycles. The number of furan rings is 1. The first-order valence-electron chi connectivity index (χ1n) is 10.3. The van der Waals surface area contributed by atoms with E-state index in [1.54, 1.807) is 28.7 Å². The molecule has 0 atom stereocenters. The molecule has 5 aromatic rings. The highest BCUT2D eigenvalue weighted by molar-refractivity contribution is 7.21. The molecule has 0 unspecified atom stereocenters. The van der Waals surface area contributed by atoms with Gasteiger partial charge in [-0.15, -0.1) is 22.7 Å². The van der Waals surface area contributed by atoms with Crippen molar-refractivity contribution >= 4 is 49.0 Å². The van der Waals surface area contributed by atoms with E-state index in [9.17, 15) is 4.79 Å². The van der Waals surface area contributed by atoms with Crippen molar-refractivity contribution in [1.82, 2.24) is 14.9 Å². The number of piperidine rings is 1. The first-order chi connectivity index (χ1) is 15.2. The minimum absolute atomic E-state index is 0.0462. The van der Waals surface area contributed by atoms with Gasteiger partial charge >= 0.3 is 0 Å². The number of carbonyl (C=O) groups excluding carboxylic acids is 1. The van der Waals surface area contributed by atoms with Crippen molar-refractivity contribution in [3.63, 3.8) is 0 Å². The third kappa shape index (κ3) is 3.43. The van der Waals surface area contributed by atoms with Crippen LogP contribution in [0.25, 0.3) is 31.2 Å². The molecule has 3 aromatic heterocycles.